The molecule has 2 aromatic rings. The summed E-state index contributed by atoms with van der Waals surface area (Å²) >= 11 is 0. The van der Waals surface area contributed by atoms with Crippen molar-refractivity contribution in [2.45, 2.75) is 72.3 Å². The molecule has 2 aliphatic heterocycles. The SMILES string of the molecule is CCN(C(=O)c1cc(F)ccc1Oc1nncnc1N1CCC2(C1)CN([C@H](CCCN(C)CC(OC)OC)C(C)C)C2)C(C)C.O=C(O)/C=C/C(=O)O. The van der Waals surface area contributed by atoms with Crippen LogP contribution in [0.15, 0.2) is 36.7 Å². The van der Waals surface area contributed by atoms with E-state index in [0.717, 1.165) is 58.5 Å². The largest absolute Gasteiger partial charge is 0.478 e. The zero-order valence-electron chi connectivity index (χ0n) is 32.2. The fourth-order valence-electron chi connectivity index (χ4n) is 6.97. The van der Waals surface area contributed by atoms with E-state index in [1.54, 1.807) is 19.1 Å². The summed E-state index contributed by atoms with van der Waals surface area (Å²) in [6.07, 6.45) is 5.64. The zero-order chi connectivity index (χ0) is 39.3. The number of likely N-dealkylation sites (N-methyl/N-ethyl adjacent to an activating group) is 1. The van der Waals surface area contributed by atoms with E-state index >= 15 is 0 Å². The highest BCUT2D eigenvalue weighted by molar-refractivity contribution is 5.97. The van der Waals surface area contributed by atoms with Crippen LogP contribution in [0.4, 0.5) is 10.2 Å². The quantitative estimate of drug-likeness (QED) is 0.164. The Kier molecular flexibility index (Phi) is 16.5. The fourth-order valence-corrected chi connectivity index (χ4v) is 6.97. The molecule has 1 atom stereocenters. The smallest absolute Gasteiger partial charge is 0.328 e. The Morgan fingerprint density at radius 3 is 2.28 bits per heavy atom. The van der Waals surface area contributed by atoms with Crippen LogP contribution in [0, 0.1) is 17.2 Å². The molecule has 0 unspecified atom stereocenters. The highest BCUT2D eigenvalue weighted by atomic mass is 19.1. The standard InChI is InChI=1S/C33H52FN7O4.C4H4O4/c1-9-41(24(4)5)32(42)26-17-25(34)12-13-28(26)45-31-30(35-22-36-37-31)39-16-14-33(19-39)20-40(21-33)27(23(2)3)11-10-15-38(6)18-29(43-7)44-8;5-3(6)1-2-4(7)8/h12-13,17,22-24,27,29H,9-11,14-16,18-21H2,1-8H3;1-2H,(H,5,6)(H,7,8)/b;2-1+/t27-;/m1./s1. The second-order valence-corrected chi connectivity index (χ2v) is 14.2. The summed E-state index contributed by atoms with van der Waals surface area (Å²) in [4.78, 5) is 45.8. The van der Waals surface area contributed by atoms with Crippen molar-refractivity contribution < 1.29 is 43.2 Å². The highest BCUT2D eigenvalue weighted by Gasteiger charge is 2.50. The number of hydrogen-bond donors (Lipinski definition) is 2. The van der Waals surface area contributed by atoms with Crippen molar-refractivity contribution in [2.24, 2.45) is 11.3 Å². The van der Waals surface area contributed by atoms with Gasteiger partial charge in [-0.2, -0.15) is 0 Å². The summed E-state index contributed by atoms with van der Waals surface area (Å²) in [5, 5.41) is 23.8. The number of halogens is 1. The van der Waals surface area contributed by atoms with E-state index in [4.69, 9.17) is 24.4 Å². The lowest BCUT2D eigenvalue weighted by Gasteiger charge is -2.53. The molecule has 3 heterocycles. The van der Waals surface area contributed by atoms with Gasteiger partial charge in [0.1, 0.15) is 17.9 Å². The predicted octanol–water partition coefficient (Wildman–Crippen LogP) is 4.25. The molecule has 1 spiro atoms. The summed E-state index contributed by atoms with van der Waals surface area (Å²) in [5.41, 5.74) is 0.337. The van der Waals surface area contributed by atoms with Gasteiger partial charge in [0.2, 0.25) is 0 Å². The van der Waals surface area contributed by atoms with Crippen molar-refractivity contribution in [2.75, 3.05) is 72.0 Å². The summed E-state index contributed by atoms with van der Waals surface area (Å²) in [6, 6.07) is 4.47. The average Bonchev–Trinajstić information content (AvgIpc) is 3.54. The minimum atomic E-state index is -1.26. The minimum Gasteiger partial charge on any atom is -0.478 e. The van der Waals surface area contributed by atoms with E-state index < -0.39 is 17.8 Å². The third-order valence-corrected chi connectivity index (χ3v) is 9.62. The van der Waals surface area contributed by atoms with Crippen LogP contribution in [-0.2, 0) is 19.1 Å². The van der Waals surface area contributed by atoms with Gasteiger partial charge in [-0.1, -0.05) is 13.8 Å². The van der Waals surface area contributed by atoms with Crippen LogP contribution in [0.2, 0.25) is 0 Å². The molecular weight excluding hydrogens is 689 g/mol. The second kappa shape index (κ2) is 20.3. The topological polar surface area (TPSA) is 171 Å². The lowest BCUT2D eigenvalue weighted by molar-refractivity contribution is -0.134. The number of benzene rings is 1. The number of likely N-dealkylation sites (tertiary alicyclic amines) is 1. The van der Waals surface area contributed by atoms with Crippen molar-refractivity contribution in [3.63, 3.8) is 0 Å². The number of hydrogen-bond acceptors (Lipinski definition) is 12. The number of amides is 1. The molecule has 2 aliphatic rings. The molecule has 0 saturated carbocycles. The van der Waals surface area contributed by atoms with Crippen LogP contribution in [0.3, 0.4) is 0 Å². The van der Waals surface area contributed by atoms with Crippen LogP contribution in [0.25, 0.3) is 0 Å². The molecule has 2 fully saturated rings. The van der Waals surface area contributed by atoms with Gasteiger partial charge in [0.15, 0.2) is 12.1 Å². The summed E-state index contributed by atoms with van der Waals surface area (Å²) in [7, 11) is 5.46. The number of nitrogens with zero attached hydrogens (tertiary/aromatic N) is 7. The third kappa shape index (κ3) is 12.4. The van der Waals surface area contributed by atoms with Crippen molar-refractivity contribution in [3.05, 3.63) is 48.1 Å². The lowest BCUT2D eigenvalue weighted by Crippen LogP contribution is -2.62. The van der Waals surface area contributed by atoms with Crippen molar-refractivity contribution >= 4 is 23.7 Å². The molecule has 15 nitrogen and oxygen atoms in total. The van der Waals surface area contributed by atoms with Gasteiger partial charge in [-0.3, -0.25) is 9.69 Å². The molecule has 16 heteroatoms. The molecule has 1 aromatic carbocycles. The van der Waals surface area contributed by atoms with Gasteiger partial charge in [-0.25, -0.2) is 19.0 Å². The molecule has 294 valence electrons. The number of carboxylic acids is 2. The maximum atomic E-state index is 14.3. The average molecular weight is 746 g/mol. The van der Waals surface area contributed by atoms with Crippen LogP contribution in [0.1, 0.15) is 64.2 Å². The van der Waals surface area contributed by atoms with Gasteiger partial charge in [0.05, 0.1) is 5.56 Å². The maximum Gasteiger partial charge on any atom is 0.328 e. The number of rotatable bonds is 18. The Morgan fingerprint density at radius 1 is 1.06 bits per heavy atom. The van der Waals surface area contributed by atoms with E-state index in [1.807, 2.05) is 20.8 Å². The molecular formula is C37H56FN7O8. The maximum absolute atomic E-state index is 14.3. The van der Waals surface area contributed by atoms with Crippen LogP contribution in [0.5, 0.6) is 11.6 Å². The molecule has 1 amide bonds. The first-order chi connectivity index (χ1) is 25.1. The molecule has 0 radical (unpaired) electrons. The molecule has 0 aliphatic carbocycles. The second-order valence-electron chi connectivity index (χ2n) is 14.2. The van der Waals surface area contributed by atoms with E-state index in [-0.39, 0.29) is 40.8 Å². The zero-order valence-corrected chi connectivity index (χ0v) is 32.2. The first kappa shape index (κ1) is 43.2. The van der Waals surface area contributed by atoms with Gasteiger partial charge in [0, 0.05) is 83.1 Å². The van der Waals surface area contributed by atoms with E-state index in [2.05, 4.69) is 50.8 Å². The van der Waals surface area contributed by atoms with Gasteiger partial charge in [0.25, 0.3) is 11.8 Å². The van der Waals surface area contributed by atoms with E-state index in [0.29, 0.717) is 36.5 Å². The number of aromatic nitrogens is 3. The van der Waals surface area contributed by atoms with E-state index in [9.17, 15) is 18.8 Å². The fraction of sp³-hybridized carbons (Fsp3) is 0.622. The van der Waals surface area contributed by atoms with Crippen LogP contribution < -0.4 is 9.64 Å². The first-order valence-corrected chi connectivity index (χ1v) is 18.0. The molecule has 1 aromatic heterocycles. The molecule has 0 bridgehead atoms. The van der Waals surface area contributed by atoms with Crippen molar-refractivity contribution in [1.82, 2.24) is 29.9 Å². The third-order valence-electron chi connectivity index (χ3n) is 9.62. The molecule has 53 heavy (non-hydrogen) atoms. The molecule has 4 rings (SSSR count). The van der Waals surface area contributed by atoms with E-state index in [1.165, 1.54) is 24.5 Å². The predicted molar refractivity (Wildman–Crippen MR) is 197 cm³/mol. The van der Waals surface area contributed by atoms with Crippen LogP contribution >= 0.6 is 0 Å². The molecule has 2 saturated heterocycles. The number of ether oxygens (including phenoxy) is 3. The summed E-state index contributed by atoms with van der Waals surface area (Å²) in [5.74, 6) is -1.71. The van der Waals surface area contributed by atoms with Crippen molar-refractivity contribution in [1.29, 1.82) is 0 Å². The monoisotopic (exact) mass is 745 g/mol. The number of anilines is 1. The number of carboxylic acid groups (broad SMARTS) is 2. The highest BCUT2D eigenvalue weighted by Crippen LogP contribution is 2.44. The number of carbonyl (C=O) groups is 3. The van der Waals surface area contributed by atoms with Gasteiger partial charge in [-0.05, 0) is 77.7 Å². The van der Waals surface area contributed by atoms with Crippen molar-refractivity contribution in [3.8, 4) is 11.6 Å². The Morgan fingerprint density at radius 2 is 1.72 bits per heavy atom. The first-order valence-electron chi connectivity index (χ1n) is 18.0. The lowest BCUT2D eigenvalue weighted by atomic mass is 9.76. The minimum absolute atomic E-state index is 0.0450. The Balaban J connectivity index is 0.000000846. The number of methoxy groups -OCH3 is 2. The number of carbonyl (C=O) groups excluding carboxylic acids is 1. The summed E-state index contributed by atoms with van der Waals surface area (Å²) < 4.78 is 31.2. The van der Waals surface area contributed by atoms with Crippen LogP contribution in [-0.4, -0.2) is 143 Å². The Bertz CT molecular complexity index is 1520. The molecule has 2 N–H and O–H groups in total. The number of aliphatic carboxylic acids is 2. The van der Waals surface area contributed by atoms with Gasteiger partial charge >= 0.3 is 11.9 Å². The Labute approximate surface area is 311 Å². The summed E-state index contributed by atoms with van der Waals surface area (Å²) in [6.45, 7) is 16.4. The van der Waals surface area contributed by atoms with Gasteiger partial charge < -0.3 is 39.1 Å². The normalized spacial score (nSPS) is 16.0. The van der Waals surface area contributed by atoms with Gasteiger partial charge in [-0.15, -0.1) is 10.2 Å². The Hall–Kier alpha value is -4.25.